The van der Waals surface area contributed by atoms with E-state index in [0.29, 0.717) is 17.2 Å². The molecule has 122 valence electrons. The molecule has 4 atom stereocenters. The fourth-order valence-corrected chi connectivity index (χ4v) is 3.51. The van der Waals surface area contributed by atoms with Gasteiger partial charge < -0.3 is 20.1 Å². The molecule has 1 aliphatic heterocycles. The van der Waals surface area contributed by atoms with Crippen molar-refractivity contribution in [1.82, 2.24) is 9.97 Å². The Morgan fingerprint density at radius 2 is 2.00 bits per heavy atom. The fourth-order valence-electron chi connectivity index (χ4n) is 2.40. The first-order valence-corrected chi connectivity index (χ1v) is 8.31. The summed E-state index contributed by atoms with van der Waals surface area (Å²) in [6.45, 7) is 1.89. The Morgan fingerprint density at radius 1 is 1.17 bits per heavy atom. The van der Waals surface area contributed by atoms with E-state index in [2.05, 4.69) is 9.97 Å². The molecule has 0 unspecified atom stereocenters. The molecule has 1 aliphatic rings. The van der Waals surface area contributed by atoms with Crippen LogP contribution in [-0.4, -0.2) is 54.8 Å². The van der Waals surface area contributed by atoms with Crippen molar-refractivity contribution < 1.29 is 20.1 Å². The van der Waals surface area contributed by atoms with E-state index in [1.54, 1.807) is 18.6 Å². The van der Waals surface area contributed by atoms with Gasteiger partial charge >= 0.3 is 0 Å². The van der Waals surface area contributed by atoms with Gasteiger partial charge in [-0.2, -0.15) is 0 Å². The average molecular weight is 334 g/mol. The highest BCUT2D eigenvalue weighted by Gasteiger charge is 2.39. The third-order valence-electron chi connectivity index (χ3n) is 3.72. The molecular weight excluding hydrogens is 316 g/mol. The van der Waals surface area contributed by atoms with Crippen molar-refractivity contribution >= 4 is 11.8 Å². The second kappa shape index (κ2) is 6.84. The smallest absolute Gasteiger partial charge is 0.173 e. The molecule has 0 amide bonds. The van der Waals surface area contributed by atoms with Crippen molar-refractivity contribution in [2.45, 2.75) is 30.7 Å². The summed E-state index contributed by atoms with van der Waals surface area (Å²) in [6.07, 6.45) is 1.71. The summed E-state index contributed by atoms with van der Waals surface area (Å²) in [6, 6.07) is 5.51. The SMILES string of the molecule is Cc1ccnc(-c2cccnc2)c1O[C@@H]1SC[C@@H](O)[C@H](O)[C@H]1O. The number of pyridine rings is 2. The van der Waals surface area contributed by atoms with E-state index in [9.17, 15) is 15.3 Å². The first kappa shape index (κ1) is 16.2. The normalized spacial score (nSPS) is 27.7. The fraction of sp³-hybridized carbons (Fsp3) is 0.375. The summed E-state index contributed by atoms with van der Waals surface area (Å²) in [5.41, 5.74) is 1.63. The zero-order chi connectivity index (χ0) is 16.4. The van der Waals surface area contributed by atoms with Crippen molar-refractivity contribution in [2.75, 3.05) is 5.75 Å². The van der Waals surface area contributed by atoms with Crippen LogP contribution in [0.1, 0.15) is 5.56 Å². The molecule has 6 nitrogen and oxygen atoms in total. The Labute approximate surface area is 138 Å². The van der Waals surface area contributed by atoms with Crippen molar-refractivity contribution in [3.05, 3.63) is 42.4 Å². The minimum atomic E-state index is -1.22. The maximum absolute atomic E-state index is 10.1. The molecule has 3 N–H and O–H groups in total. The Kier molecular flexibility index (Phi) is 4.82. The monoisotopic (exact) mass is 334 g/mol. The van der Waals surface area contributed by atoms with Gasteiger partial charge in [-0.1, -0.05) is 0 Å². The molecule has 2 aromatic rings. The van der Waals surface area contributed by atoms with Crippen LogP contribution in [0.5, 0.6) is 5.75 Å². The largest absolute Gasteiger partial charge is 0.474 e. The average Bonchev–Trinajstić information content (AvgIpc) is 2.57. The Bertz CT molecular complexity index is 670. The Morgan fingerprint density at radius 3 is 2.74 bits per heavy atom. The lowest BCUT2D eigenvalue weighted by Crippen LogP contribution is -2.50. The summed E-state index contributed by atoms with van der Waals surface area (Å²) >= 11 is 1.26. The molecule has 3 heterocycles. The summed E-state index contributed by atoms with van der Waals surface area (Å²) < 4.78 is 5.95. The second-order valence-electron chi connectivity index (χ2n) is 5.42. The topological polar surface area (TPSA) is 95.7 Å². The number of hydrogen-bond donors (Lipinski definition) is 3. The molecule has 0 saturated carbocycles. The lowest BCUT2D eigenvalue weighted by Gasteiger charge is -2.35. The number of aliphatic hydroxyl groups is 3. The van der Waals surface area contributed by atoms with Crippen LogP contribution in [0.25, 0.3) is 11.3 Å². The van der Waals surface area contributed by atoms with Crippen molar-refractivity contribution in [3.63, 3.8) is 0 Å². The molecule has 0 spiro atoms. The highest BCUT2D eigenvalue weighted by Crippen LogP contribution is 2.35. The summed E-state index contributed by atoms with van der Waals surface area (Å²) in [7, 11) is 0. The number of ether oxygens (including phenoxy) is 1. The molecule has 0 aromatic carbocycles. The van der Waals surface area contributed by atoms with E-state index >= 15 is 0 Å². The number of rotatable bonds is 3. The van der Waals surface area contributed by atoms with Gasteiger partial charge in [0.15, 0.2) is 5.44 Å². The molecule has 0 radical (unpaired) electrons. The number of thioether (sulfide) groups is 1. The van der Waals surface area contributed by atoms with Gasteiger partial charge in [-0.3, -0.25) is 9.97 Å². The van der Waals surface area contributed by atoms with Crippen LogP contribution >= 0.6 is 11.8 Å². The number of hydrogen-bond acceptors (Lipinski definition) is 7. The van der Waals surface area contributed by atoms with Gasteiger partial charge in [0.05, 0.1) is 6.10 Å². The van der Waals surface area contributed by atoms with Crippen LogP contribution in [0.3, 0.4) is 0 Å². The first-order chi connectivity index (χ1) is 11.1. The van der Waals surface area contributed by atoms with Crippen LogP contribution in [0.2, 0.25) is 0 Å². The molecule has 0 aliphatic carbocycles. The lowest BCUT2D eigenvalue weighted by molar-refractivity contribution is -0.0786. The number of aryl methyl sites for hydroxylation is 1. The van der Waals surface area contributed by atoms with Crippen LogP contribution in [0.15, 0.2) is 36.8 Å². The summed E-state index contributed by atoms with van der Waals surface area (Å²) in [4.78, 5) is 8.46. The predicted molar refractivity (Wildman–Crippen MR) is 87.1 cm³/mol. The number of aliphatic hydroxyl groups excluding tert-OH is 3. The van der Waals surface area contributed by atoms with Gasteiger partial charge in [-0.05, 0) is 30.7 Å². The summed E-state index contributed by atoms with van der Waals surface area (Å²) in [5.74, 6) is 0.838. The molecule has 2 aromatic heterocycles. The molecule has 1 fully saturated rings. The highest BCUT2D eigenvalue weighted by atomic mass is 32.2. The van der Waals surface area contributed by atoms with Gasteiger partial charge in [0.2, 0.25) is 0 Å². The molecular formula is C16H18N2O4S. The third-order valence-corrected chi connectivity index (χ3v) is 4.96. The zero-order valence-electron chi connectivity index (χ0n) is 12.5. The maximum atomic E-state index is 10.1. The number of nitrogens with zero attached hydrogens (tertiary/aromatic N) is 2. The minimum Gasteiger partial charge on any atom is -0.474 e. The Hall–Kier alpha value is -1.67. The van der Waals surface area contributed by atoms with E-state index < -0.39 is 23.7 Å². The summed E-state index contributed by atoms with van der Waals surface area (Å²) in [5, 5.41) is 29.6. The second-order valence-corrected chi connectivity index (χ2v) is 6.55. The van der Waals surface area contributed by atoms with Gasteiger partial charge in [-0.25, -0.2) is 0 Å². The van der Waals surface area contributed by atoms with Gasteiger partial charge in [0.1, 0.15) is 23.7 Å². The molecule has 0 bridgehead atoms. The van der Waals surface area contributed by atoms with E-state index in [1.165, 1.54) is 11.8 Å². The van der Waals surface area contributed by atoms with Gasteiger partial charge in [0, 0.05) is 29.9 Å². The van der Waals surface area contributed by atoms with Crippen LogP contribution in [0.4, 0.5) is 0 Å². The zero-order valence-corrected chi connectivity index (χ0v) is 13.3. The van der Waals surface area contributed by atoms with Crippen molar-refractivity contribution in [2.24, 2.45) is 0 Å². The standard InChI is InChI=1S/C16H18N2O4S/c1-9-4-6-18-12(10-3-2-5-17-7-10)15(9)22-16-14(21)13(20)11(19)8-23-16/h2-7,11,13-14,16,19-21H,8H2,1H3/t11-,13+,14-,16-/m1/s1. The van der Waals surface area contributed by atoms with Crippen LogP contribution < -0.4 is 4.74 Å². The first-order valence-electron chi connectivity index (χ1n) is 7.26. The van der Waals surface area contributed by atoms with Gasteiger partial charge in [-0.15, -0.1) is 11.8 Å². The van der Waals surface area contributed by atoms with Crippen molar-refractivity contribution in [1.29, 1.82) is 0 Å². The lowest BCUT2D eigenvalue weighted by atomic mass is 10.1. The minimum absolute atomic E-state index is 0.296. The van der Waals surface area contributed by atoms with Gasteiger partial charge in [0.25, 0.3) is 0 Å². The molecule has 23 heavy (non-hydrogen) atoms. The molecule has 1 saturated heterocycles. The number of aromatic nitrogens is 2. The van der Waals surface area contributed by atoms with E-state index in [-0.39, 0.29) is 0 Å². The van der Waals surface area contributed by atoms with E-state index in [0.717, 1.165) is 11.1 Å². The Balaban J connectivity index is 1.91. The van der Waals surface area contributed by atoms with Crippen LogP contribution in [-0.2, 0) is 0 Å². The third kappa shape index (κ3) is 3.32. The molecule has 3 rings (SSSR count). The molecule has 7 heteroatoms. The van der Waals surface area contributed by atoms with E-state index in [1.807, 2.05) is 25.1 Å². The van der Waals surface area contributed by atoms with E-state index in [4.69, 9.17) is 4.74 Å². The highest BCUT2D eigenvalue weighted by molar-refractivity contribution is 7.99. The quantitative estimate of drug-likeness (QED) is 0.770. The predicted octanol–water partition coefficient (Wildman–Crippen LogP) is 0.986. The maximum Gasteiger partial charge on any atom is 0.173 e. The van der Waals surface area contributed by atoms with Crippen molar-refractivity contribution in [3.8, 4) is 17.0 Å². The van der Waals surface area contributed by atoms with Crippen LogP contribution in [0, 0.1) is 6.92 Å².